The summed E-state index contributed by atoms with van der Waals surface area (Å²) in [4.78, 5) is 12.5. The van der Waals surface area contributed by atoms with Gasteiger partial charge in [0.15, 0.2) is 0 Å². The lowest BCUT2D eigenvalue weighted by atomic mass is 10.3. The van der Waals surface area contributed by atoms with E-state index in [2.05, 4.69) is 48.2 Å². The van der Waals surface area contributed by atoms with Crippen molar-refractivity contribution < 1.29 is 0 Å². The van der Waals surface area contributed by atoms with Crippen molar-refractivity contribution in [3.05, 3.63) is 32.2 Å². The molecular weight excluding hydrogens is 335 g/mol. The van der Waals surface area contributed by atoms with Crippen molar-refractivity contribution in [2.45, 2.75) is 13.3 Å². The zero-order valence-corrected chi connectivity index (χ0v) is 11.7. The Morgan fingerprint density at radius 1 is 1.50 bits per heavy atom. The van der Waals surface area contributed by atoms with Gasteiger partial charge in [0.25, 0.3) is 0 Å². The van der Waals surface area contributed by atoms with E-state index in [0.29, 0.717) is 0 Å². The molecule has 0 amide bonds. The van der Waals surface area contributed by atoms with E-state index in [1.807, 2.05) is 6.92 Å². The van der Waals surface area contributed by atoms with Crippen LogP contribution in [0.15, 0.2) is 17.9 Å². The van der Waals surface area contributed by atoms with Crippen LogP contribution in [0.4, 0.5) is 5.82 Å². The molecule has 0 aliphatic carbocycles. The minimum atomic E-state index is 0.843. The maximum absolute atomic E-state index is 4.41. The van der Waals surface area contributed by atoms with E-state index in [1.165, 1.54) is 0 Å². The molecule has 1 N–H and O–H groups in total. The molecule has 0 aliphatic heterocycles. The highest BCUT2D eigenvalue weighted by molar-refractivity contribution is 14.1. The minimum absolute atomic E-state index is 0.843. The van der Waals surface area contributed by atoms with Crippen LogP contribution in [0.3, 0.4) is 0 Å². The number of anilines is 1. The van der Waals surface area contributed by atoms with Gasteiger partial charge in [-0.1, -0.05) is 0 Å². The lowest BCUT2D eigenvalue weighted by molar-refractivity contribution is 0.954. The van der Waals surface area contributed by atoms with Crippen LogP contribution in [-0.4, -0.2) is 21.5 Å². The zero-order chi connectivity index (χ0) is 11.4. The predicted octanol–water partition coefficient (Wildman–Crippen LogP) is 2.50. The Morgan fingerprint density at radius 2 is 2.38 bits per heavy atom. The van der Waals surface area contributed by atoms with E-state index in [9.17, 15) is 0 Å². The molecule has 6 heteroatoms. The fourth-order valence-electron chi connectivity index (χ4n) is 1.27. The van der Waals surface area contributed by atoms with Crippen molar-refractivity contribution in [3.63, 3.8) is 0 Å². The van der Waals surface area contributed by atoms with Crippen molar-refractivity contribution in [2.24, 2.45) is 0 Å². The summed E-state index contributed by atoms with van der Waals surface area (Å²) in [5.41, 5.74) is 1.14. The molecule has 0 spiro atoms. The zero-order valence-electron chi connectivity index (χ0n) is 8.77. The van der Waals surface area contributed by atoms with Gasteiger partial charge in [-0.15, -0.1) is 11.3 Å². The maximum atomic E-state index is 4.41. The fourth-order valence-corrected chi connectivity index (χ4v) is 2.41. The first-order valence-corrected chi connectivity index (χ1v) is 6.82. The number of hydrogen-bond acceptors (Lipinski definition) is 5. The van der Waals surface area contributed by atoms with Crippen LogP contribution in [0.1, 0.15) is 10.7 Å². The third-order valence-corrected chi connectivity index (χ3v) is 3.62. The molecule has 0 radical (unpaired) electrons. The Morgan fingerprint density at radius 3 is 3.06 bits per heavy atom. The standard InChI is InChI=1S/C10H11IN4S/c1-7-15-8(5-16-7)2-3-13-10-9(11)4-12-6-14-10/h4-6H,2-3H2,1H3,(H,12,13,14). The third-order valence-electron chi connectivity index (χ3n) is 2.01. The lowest BCUT2D eigenvalue weighted by Gasteiger charge is -2.05. The quantitative estimate of drug-likeness (QED) is 0.865. The summed E-state index contributed by atoms with van der Waals surface area (Å²) in [5.74, 6) is 0.891. The van der Waals surface area contributed by atoms with Gasteiger partial charge in [-0.2, -0.15) is 0 Å². The minimum Gasteiger partial charge on any atom is -0.369 e. The molecule has 16 heavy (non-hydrogen) atoms. The topological polar surface area (TPSA) is 50.7 Å². The van der Waals surface area contributed by atoms with E-state index >= 15 is 0 Å². The summed E-state index contributed by atoms with van der Waals surface area (Å²) in [6.45, 7) is 2.87. The highest BCUT2D eigenvalue weighted by Crippen LogP contribution is 2.13. The van der Waals surface area contributed by atoms with Crippen LogP contribution in [0, 0.1) is 10.5 Å². The van der Waals surface area contributed by atoms with Crippen molar-refractivity contribution in [3.8, 4) is 0 Å². The molecule has 0 fully saturated rings. The van der Waals surface area contributed by atoms with E-state index in [0.717, 1.165) is 33.1 Å². The molecule has 0 bridgehead atoms. The third kappa shape index (κ3) is 3.11. The second-order valence-electron chi connectivity index (χ2n) is 3.25. The molecule has 0 unspecified atom stereocenters. The van der Waals surface area contributed by atoms with Crippen LogP contribution < -0.4 is 5.32 Å². The van der Waals surface area contributed by atoms with Gasteiger partial charge in [0, 0.05) is 24.5 Å². The molecule has 0 saturated heterocycles. The highest BCUT2D eigenvalue weighted by atomic mass is 127. The Bertz CT molecular complexity index is 471. The van der Waals surface area contributed by atoms with Crippen molar-refractivity contribution in [1.29, 1.82) is 0 Å². The average Bonchev–Trinajstić information content (AvgIpc) is 2.67. The Labute approximate surface area is 112 Å². The lowest BCUT2D eigenvalue weighted by Crippen LogP contribution is -2.08. The average molecular weight is 346 g/mol. The van der Waals surface area contributed by atoms with Crippen LogP contribution in [0.25, 0.3) is 0 Å². The number of rotatable bonds is 4. The number of nitrogens with zero attached hydrogens (tertiary/aromatic N) is 3. The predicted molar refractivity (Wildman–Crippen MR) is 73.8 cm³/mol. The molecule has 0 aromatic carbocycles. The molecule has 2 aromatic rings. The van der Waals surface area contributed by atoms with Gasteiger partial charge in [0.1, 0.15) is 12.1 Å². The molecule has 0 saturated carbocycles. The molecule has 0 atom stereocenters. The van der Waals surface area contributed by atoms with Gasteiger partial charge in [-0.3, -0.25) is 0 Å². The van der Waals surface area contributed by atoms with Gasteiger partial charge in [-0.25, -0.2) is 15.0 Å². The first kappa shape index (κ1) is 11.7. The van der Waals surface area contributed by atoms with E-state index in [1.54, 1.807) is 23.9 Å². The number of halogens is 1. The van der Waals surface area contributed by atoms with E-state index in [4.69, 9.17) is 0 Å². The number of aryl methyl sites for hydroxylation is 1. The normalized spacial score (nSPS) is 10.4. The number of thiazole rings is 1. The van der Waals surface area contributed by atoms with Crippen molar-refractivity contribution >= 4 is 39.7 Å². The molecular formula is C10H11IN4S. The van der Waals surface area contributed by atoms with Crippen LogP contribution in [-0.2, 0) is 6.42 Å². The molecule has 2 heterocycles. The summed E-state index contributed by atoms with van der Waals surface area (Å²) in [7, 11) is 0. The number of hydrogen-bond donors (Lipinski definition) is 1. The Hall–Kier alpha value is -0.760. The smallest absolute Gasteiger partial charge is 0.142 e. The van der Waals surface area contributed by atoms with Crippen molar-refractivity contribution in [1.82, 2.24) is 15.0 Å². The second-order valence-corrected chi connectivity index (χ2v) is 5.48. The van der Waals surface area contributed by atoms with Crippen molar-refractivity contribution in [2.75, 3.05) is 11.9 Å². The van der Waals surface area contributed by atoms with Crippen LogP contribution in [0.5, 0.6) is 0 Å². The van der Waals surface area contributed by atoms with E-state index in [-0.39, 0.29) is 0 Å². The maximum Gasteiger partial charge on any atom is 0.142 e. The summed E-state index contributed by atoms with van der Waals surface area (Å²) >= 11 is 3.91. The number of nitrogens with one attached hydrogen (secondary N) is 1. The van der Waals surface area contributed by atoms with Gasteiger partial charge < -0.3 is 5.32 Å². The van der Waals surface area contributed by atoms with Crippen LogP contribution in [0.2, 0.25) is 0 Å². The Kier molecular flexibility index (Phi) is 4.05. The van der Waals surface area contributed by atoms with Gasteiger partial charge >= 0.3 is 0 Å². The first-order chi connectivity index (χ1) is 7.75. The summed E-state index contributed by atoms with van der Waals surface area (Å²) < 4.78 is 1.04. The number of aromatic nitrogens is 3. The monoisotopic (exact) mass is 346 g/mol. The first-order valence-electron chi connectivity index (χ1n) is 4.86. The largest absolute Gasteiger partial charge is 0.369 e. The highest BCUT2D eigenvalue weighted by Gasteiger charge is 2.01. The second kappa shape index (κ2) is 5.53. The van der Waals surface area contributed by atoms with Gasteiger partial charge in [-0.05, 0) is 29.5 Å². The molecule has 2 rings (SSSR count). The fraction of sp³-hybridized carbons (Fsp3) is 0.300. The molecule has 0 aliphatic rings. The summed E-state index contributed by atoms with van der Waals surface area (Å²) in [5, 5.41) is 6.49. The summed E-state index contributed by atoms with van der Waals surface area (Å²) in [6.07, 6.45) is 4.27. The van der Waals surface area contributed by atoms with Gasteiger partial charge in [0.2, 0.25) is 0 Å². The van der Waals surface area contributed by atoms with Gasteiger partial charge in [0.05, 0.1) is 14.3 Å². The molecule has 2 aromatic heterocycles. The SMILES string of the molecule is Cc1nc(CCNc2ncncc2I)cs1. The molecule has 84 valence electrons. The molecule has 4 nitrogen and oxygen atoms in total. The van der Waals surface area contributed by atoms with Crippen LogP contribution >= 0.6 is 33.9 Å². The Balaban J connectivity index is 1.87. The van der Waals surface area contributed by atoms with E-state index < -0.39 is 0 Å². The summed E-state index contributed by atoms with van der Waals surface area (Å²) in [6, 6.07) is 0.